The van der Waals surface area contributed by atoms with Crippen molar-refractivity contribution in [3.05, 3.63) is 99.6 Å². The number of nitro benzene ring substituents is 2. The molecule has 0 fully saturated rings. The Kier molecular flexibility index (Phi) is 12.1. The summed E-state index contributed by atoms with van der Waals surface area (Å²) in [5.41, 5.74) is -3.73. The SMILES string of the molecule is CCCCn1c(OC2Oc3ccc([N+](=O)[O-])cc3/N=N/c3c(C)c(C#N)c(=O)n(CCCC)c3O2)c(/N=N/c2cc([N+](=O)[O-])ccc2OO)c(C)c(C#N)c1=O. The first-order valence-electron chi connectivity index (χ1n) is 17.0. The minimum atomic E-state index is -1.97. The first-order chi connectivity index (χ1) is 26.9. The number of unbranched alkanes of at least 4 members (excludes halogenated alkanes) is 2. The molecule has 21 heteroatoms. The van der Waals surface area contributed by atoms with Crippen LogP contribution in [-0.2, 0) is 13.1 Å². The minimum absolute atomic E-state index is 0.0352. The first kappa shape index (κ1) is 39.7. The van der Waals surface area contributed by atoms with Crippen LogP contribution in [0.3, 0.4) is 0 Å². The summed E-state index contributed by atoms with van der Waals surface area (Å²) in [4.78, 5) is 53.7. The molecule has 0 amide bonds. The van der Waals surface area contributed by atoms with Crippen LogP contribution in [0.1, 0.15) is 61.8 Å². The molecule has 3 heterocycles. The third-order valence-corrected chi connectivity index (χ3v) is 8.53. The van der Waals surface area contributed by atoms with E-state index in [4.69, 9.17) is 14.2 Å². The van der Waals surface area contributed by atoms with Gasteiger partial charge >= 0.3 is 6.48 Å². The Labute approximate surface area is 316 Å². The number of aromatic nitrogens is 2. The lowest BCUT2D eigenvalue weighted by atomic mass is 10.1. The van der Waals surface area contributed by atoms with E-state index in [-0.39, 0.29) is 87.0 Å². The van der Waals surface area contributed by atoms with Crippen LogP contribution in [0.2, 0.25) is 0 Å². The second kappa shape index (κ2) is 17.1. The van der Waals surface area contributed by atoms with Crippen molar-refractivity contribution in [2.45, 2.75) is 72.9 Å². The molecule has 56 heavy (non-hydrogen) atoms. The zero-order valence-electron chi connectivity index (χ0n) is 30.3. The van der Waals surface area contributed by atoms with E-state index in [1.165, 1.54) is 19.9 Å². The molecule has 4 aromatic rings. The number of benzene rings is 2. The summed E-state index contributed by atoms with van der Waals surface area (Å²) in [6.45, 7) is 4.58. The molecule has 0 saturated carbocycles. The number of nitro groups is 2. The summed E-state index contributed by atoms with van der Waals surface area (Å²) in [7, 11) is 0. The fraction of sp³-hybridized carbons (Fsp3) is 0.314. The van der Waals surface area contributed by atoms with Gasteiger partial charge in [-0.25, -0.2) is 5.26 Å². The van der Waals surface area contributed by atoms with Gasteiger partial charge in [0.25, 0.3) is 22.5 Å². The highest BCUT2D eigenvalue weighted by molar-refractivity contribution is 5.64. The van der Waals surface area contributed by atoms with Gasteiger partial charge in [-0.05, 0) is 38.8 Å². The molecule has 0 aliphatic carbocycles. The second-order valence-corrected chi connectivity index (χ2v) is 12.1. The molecule has 0 saturated heterocycles. The molecule has 2 aromatic carbocycles. The van der Waals surface area contributed by atoms with Crippen LogP contribution in [-0.4, -0.2) is 30.7 Å². The average molecular weight is 769 g/mol. The quantitative estimate of drug-likeness (QED) is 0.0594. The smallest absolute Gasteiger partial charge is 0.409 e. The topological polar surface area (TPSA) is 284 Å². The highest BCUT2D eigenvalue weighted by Crippen LogP contribution is 2.42. The van der Waals surface area contributed by atoms with E-state index >= 15 is 0 Å². The fourth-order valence-corrected chi connectivity index (χ4v) is 5.50. The normalized spacial score (nSPS) is 13.7. The van der Waals surface area contributed by atoms with E-state index in [0.29, 0.717) is 25.7 Å². The minimum Gasteiger partial charge on any atom is -0.420 e. The summed E-state index contributed by atoms with van der Waals surface area (Å²) < 4.78 is 21.0. The maximum atomic E-state index is 13.9. The van der Waals surface area contributed by atoms with Gasteiger partial charge in [-0.2, -0.15) is 10.5 Å². The number of non-ortho nitro benzene ring substituents is 2. The maximum Gasteiger partial charge on any atom is 0.409 e. The molecule has 1 aliphatic heterocycles. The van der Waals surface area contributed by atoms with Crippen molar-refractivity contribution >= 4 is 34.1 Å². The van der Waals surface area contributed by atoms with Gasteiger partial charge in [0.1, 0.15) is 34.6 Å². The van der Waals surface area contributed by atoms with Gasteiger partial charge < -0.3 is 19.1 Å². The van der Waals surface area contributed by atoms with Crippen LogP contribution >= 0.6 is 0 Å². The van der Waals surface area contributed by atoms with Crippen molar-refractivity contribution < 1.29 is 34.2 Å². The lowest BCUT2D eigenvalue weighted by Crippen LogP contribution is -2.36. The molecule has 0 spiro atoms. The molecule has 1 aliphatic rings. The molecule has 1 N–H and O–H groups in total. The number of rotatable bonds is 13. The zero-order chi connectivity index (χ0) is 40.7. The van der Waals surface area contributed by atoms with Crippen LogP contribution in [0.5, 0.6) is 23.3 Å². The number of nitrogens with zero attached hydrogens (tertiary/aromatic N) is 10. The molecule has 0 radical (unpaired) electrons. The second-order valence-electron chi connectivity index (χ2n) is 12.1. The maximum absolute atomic E-state index is 13.9. The van der Waals surface area contributed by atoms with Crippen molar-refractivity contribution in [3.63, 3.8) is 0 Å². The molecule has 0 bridgehead atoms. The fourth-order valence-electron chi connectivity index (χ4n) is 5.50. The van der Waals surface area contributed by atoms with E-state index in [1.807, 2.05) is 26.0 Å². The molecule has 1 unspecified atom stereocenters. The van der Waals surface area contributed by atoms with Crippen LogP contribution in [0, 0.1) is 56.7 Å². The highest BCUT2D eigenvalue weighted by atomic mass is 17.1. The van der Waals surface area contributed by atoms with Gasteiger partial charge in [0.05, 0.1) is 9.85 Å². The monoisotopic (exact) mass is 768 g/mol. The third-order valence-electron chi connectivity index (χ3n) is 8.53. The van der Waals surface area contributed by atoms with E-state index in [0.717, 1.165) is 39.5 Å². The van der Waals surface area contributed by atoms with E-state index in [1.54, 1.807) is 0 Å². The van der Waals surface area contributed by atoms with E-state index < -0.39 is 33.1 Å². The van der Waals surface area contributed by atoms with E-state index in [2.05, 4.69) is 25.3 Å². The van der Waals surface area contributed by atoms with E-state index in [9.17, 15) is 45.6 Å². The Bertz CT molecular complexity index is 2500. The molecule has 21 nitrogen and oxygen atoms in total. The predicted octanol–water partition coefficient (Wildman–Crippen LogP) is 7.60. The lowest BCUT2D eigenvalue weighted by Gasteiger charge is -2.26. The zero-order valence-corrected chi connectivity index (χ0v) is 30.3. The molecule has 1 atom stereocenters. The lowest BCUT2D eigenvalue weighted by molar-refractivity contribution is -0.385. The Balaban J connectivity index is 1.81. The Morgan fingerprint density at radius 1 is 0.875 bits per heavy atom. The number of azo groups is 2. The summed E-state index contributed by atoms with van der Waals surface area (Å²) in [5.74, 6) is -1.12. The number of nitriles is 2. The summed E-state index contributed by atoms with van der Waals surface area (Å²) in [5, 5.41) is 69.4. The average Bonchev–Trinajstić information content (AvgIpc) is 3.25. The first-order valence-corrected chi connectivity index (χ1v) is 17.0. The Hall–Kier alpha value is -7.52. The molecule has 288 valence electrons. The summed E-state index contributed by atoms with van der Waals surface area (Å²) >= 11 is 0. The molecular weight excluding hydrogens is 736 g/mol. The summed E-state index contributed by atoms with van der Waals surface area (Å²) in [6, 6.07) is 10.2. The number of ether oxygens (including phenoxy) is 3. The largest absolute Gasteiger partial charge is 0.420 e. The standard InChI is InChI=1S/C35H32N10O11/c1-5-7-13-42-31(46)23(17-36)19(3)29-33(42)54-35(53-27-11-9-21(44(48)49)15-25(27)38-40-29)55-34-30(20(4)24(18-37)32(47)43(34)14-8-6-2)41-39-26-16-22(45(50)51)10-12-28(26)56-52/h9-12,15-16,35,52H,5-8,13-14H2,1-4H3/b40-38+,41-39+. The number of hydrogen-bond donors (Lipinski definition) is 1. The van der Waals surface area contributed by atoms with Crippen LogP contribution < -0.4 is 30.2 Å². The Morgan fingerprint density at radius 3 is 2.11 bits per heavy atom. The third kappa shape index (κ3) is 7.88. The van der Waals surface area contributed by atoms with Gasteiger partial charge in [0, 0.05) is 48.5 Å². The van der Waals surface area contributed by atoms with Gasteiger partial charge in [0.2, 0.25) is 11.8 Å². The molecule has 2 aromatic heterocycles. The van der Waals surface area contributed by atoms with Gasteiger partial charge in [-0.1, -0.05) is 26.7 Å². The van der Waals surface area contributed by atoms with Crippen molar-refractivity contribution in [1.82, 2.24) is 9.13 Å². The Morgan fingerprint density at radius 2 is 1.48 bits per heavy atom. The number of hydrogen-bond acceptors (Lipinski definition) is 17. The van der Waals surface area contributed by atoms with Crippen molar-refractivity contribution in [3.8, 4) is 35.4 Å². The molecular formula is C35H32N10O11. The van der Waals surface area contributed by atoms with Gasteiger partial charge in [-0.3, -0.25) is 39.0 Å². The number of fused-ring (bicyclic) bond motifs is 2. The predicted molar refractivity (Wildman–Crippen MR) is 194 cm³/mol. The van der Waals surface area contributed by atoms with Crippen LogP contribution in [0.4, 0.5) is 34.1 Å². The highest BCUT2D eigenvalue weighted by Gasteiger charge is 2.31. The van der Waals surface area contributed by atoms with Crippen molar-refractivity contribution in [1.29, 1.82) is 10.5 Å². The summed E-state index contributed by atoms with van der Waals surface area (Å²) in [6.07, 6.45) is 2.04. The van der Waals surface area contributed by atoms with Gasteiger partial charge in [0.15, 0.2) is 22.9 Å². The van der Waals surface area contributed by atoms with Crippen molar-refractivity contribution in [2.24, 2.45) is 20.5 Å². The number of pyridine rings is 2. The van der Waals surface area contributed by atoms with Crippen molar-refractivity contribution in [2.75, 3.05) is 0 Å². The van der Waals surface area contributed by atoms with Crippen LogP contribution in [0.25, 0.3) is 0 Å². The van der Waals surface area contributed by atoms with Crippen LogP contribution in [0.15, 0.2) is 66.4 Å². The molecule has 5 rings (SSSR count). The van der Waals surface area contributed by atoms with Gasteiger partial charge in [-0.15, -0.1) is 20.5 Å².